The molecule has 1 aromatic carbocycles. The number of nitrogens with zero attached hydrogens (tertiary/aromatic N) is 1. The minimum Gasteiger partial charge on any atom is -0.319 e. The number of hydrogen-bond acceptors (Lipinski definition) is 2. The zero-order chi connectivity index (χ0) is 12.6. The van der Waals surface area contributed by atoms with Gasteiger partial charge in [0.15, 0.2) is 0 Å². The van der Waals surface area contributed by atoms with E-state index in [9.17, 15) is 0 Å². The fourth-order valence-electron chi connectivity index (χ4n) is 2.56. The molecule has 2 rings (SSSR count). The first-order valence-corrected chi connectivity index (χ1v) is 6.97. The predicted molar refractivity (Wildman–Crippen MR) is 85.8 cm³/mol. The normalized spacial score (nSPS) is 17.5. The fourth-order valence-corrected chi connectivity index (χ4v) is 2.56. The zero-order valence-electron chi connectivity index (χ0n) is 11.7. The average Bonchev–Trinajstić information content (AvgIpc) is 2.42. The summed E-state index contributed by atoms with van der Waals surface area (Å²) in [7, 11) is 2.05. The highest BCUT2D eigenvalue weighted by atomic mass is 35.5. The molecule has 2 nitrogen and oxygen atoms in total. The number of piperidine rings is 1. The monoisotopic (exact) mass is 280 g/mol. The van der Waals surface area contributed by atoms with Gasteiger partial charge in [0.1, 0.15) is 0 Å². The Hall–Kier alpha value is -0.830. The summed E-state index contributed by atoms with van der Waals surface area (Å²) in [6.07, 6.45) is 7.17. The molecular formula is C16H25ClN2. The Morgan fingerprint density at radius 2 is 1.89 bits per heavy atom. The van der Waals surface area contributed by atoms with E-state index in [4.69, 9.17) is 0 Å². The molecule has 0 saturated carbocycles. The molecule has 0 aromatic heterocycles. The number of hydrogen-bond donors (Lipinski definition) is 1. The lowest BCUT2D eigenvalue weighted by Crippen LogP contribution is -2.36. The second-order valence-corrected chi connectivity index (χ2v) is 5.11. The molecule has 1 saturated heterocycles. The second-order valence-electron chi connectivity index (χ2n) is 5.11. The first kappa shape index (κ1) is 16.2. The van der Waals surface area contributed by atoms with Gasteiger partial charge >= 0.3 is 0 Å². The van der Waals surface area contributed by atoms with Crippen LogP contribution in [0.15, 0.2) is 36.4 Å². The van der Waals surface area contributed by atoms with Crippen molar-refractivity contribution in [2.24, 2.45) is 5.92 Å². The van der Waals surface area contributed by atoms with Gasteiger partial charge in [-0.3, -0.25) is 4.90 Å². The Balaban J connectivity index is 0.00000180. The van der Waals surface area contributed by atoms with Gasteiger partial charge in [0.05, 0.1) is 0 Å². The number of likely N-dealkylation sites (tertiary alicyclic amines) is 1. The topological polar surface area (TPSA) is 15.3 Å². The van der Waals surface area contributed by atoms with Gasteiger partial charge in [-0.2, -0.15) is 0 Å². The van der Waals surface area contributed by atoms with Crippen molar-refractivity contribution in [1.29, 1.82) is 0 Å². The summed E-state index contributed by atoms with van der Waals surface area (Å²) in [5, 5.41) is 3.28. The molecule has 0 spiro atoms. The molecule has 19 heavy (non-hydrogen) atoms. The molecule has 0 bridgehead atoms. The maximum Gasteiger partial charge on any atom is 0.0166 e. The van der Waals surface area contributed by atoms with E-state index in [1.54, 1.807) is 0 Å². The van der Waals surface area contributed by atoms with Crippen molar-refractivity contribution in [2.75, 3.05) is 33.2 Å². The Labute approximate surface area is 123 Å². The lowest BCUT2D eigenvalue weighted by molar-refractivity contribution is 0.200. The van der Waals surface area contributed by atoms with Crippen LogP contribution in [0.2, 0.25) is 0 Å². The van der Waals surface area contributed by atoms with Crippen LogP contribution in [-0.2, 0) is 0 Å². The predicted octanol–water partition coefficient (Wildman–Crippen LogP) is 3.05. The highest BCUT2D eigenvalue weighted by Crippen LogP contribution is 2.16. The van der Waals surface area contributed by atoms with Crippen LogP contribution in [0.3, 0.4) is 0 Å². The maximum absolute atomic E-state index is 3.28. The van der Waals surface area contributed by atoms with Crippen molar-refractivity contribution in [2.45, 2.75) is 12.8 Å². The second kappa shape index (κ2) is 9.13. The first-order chi connectivity index (χ1) is 8.88. The summed E-state index contributed by atoms with van der Waals surface area (Å²) in [5.74, 6) is 0.879. The standard InChI is InChI=1S/C16H24N2.ClH/c1-17-14-16-9-12-18(13-10-16)11-5-8-15-6-3-2-4-7-15;/h2-8,16-17H,9-14H2,1H3;1H/b8-5+;. The average molecular weight is 281 g/mol. The van der Waals surface area contributed by atoms with E-state index in [2.05, 4.69) is 59.7 Å². The van der Waals surface area contributed by atoms with Crippen molar-refractivity contribution >= 4 is 18.5 Å². The third kappa shape index (κ3) is 5.77. The van der Waals surface area contributed by atoms with E-state index >= 15 is 0 Å². The molecule has 1 fully saturated rings. The molecule has 0 radical (unpaired) electrons. The lowest BCUT2D eigenvalue weighted by atomic mass is 9.97. The minimum atomic E-state index is 0. The van der Waals surface area contributed by atoms with Crippen LogP contribution in [-0.4, -0.2) is 38.1 Å². The Bertz CT molecular complexity index is 356. The highest BCUT2D eigenvalue weighted by molar-refractivity contribution is 5.85. The highest BCUT2D eigenvalue weighted by Gasteiger charge is 2.17. The molecular weight excluding hydrogens is 256 g/mol. The molecule has 3 heteroatoms. The van der Waals surface area contributed by atoms with Crippen LogP contribution in [0.4, 0.5) is 0 Å². The van der Waals surface area contributed by atoms with E-state index in [-0.39, 0.29) is 12.4 Å². The molecule has 1 aliphatic rings. The number of benzene rings is 1. The Morgan fingerprint density at radius 3 is 2.53 bits per heavy atom. The zero-order valence-corrected chi connectivity index (χ0v) is 12.5. The molecule has 1 N–H and O–H groups in total. The summed E-state index contributed by atoms with van der Waals surface area (Å²) >= 11 is 0. The van der Waals surface area contributed by atoms with Crippen LogP contribution in [0.25, 0.3) is 6.08 Å². The summed E-state index contributed by atoms with van der Waals surface area (Å²) in [6.45, 7) is 4.74. The van der Waals surface area contributed by atoms with E-state index in [0.717, 1.165) is 12.5 Å². The van der Waals surface area contributed by atoms with Gasteiger partial charge in [-0.15, -0.1) is 12.4 Å². The Kier molecular flexibility index (Phi) is 7.80. The number of nitrogens with one attached hydrogen (secondary N) is 1. The van der Waals surface area contributed by atoms with Gasteiger partial charge in [-0.1, -0.05) is 42.5 Å². The number of halogens is 1. The third-order valence-corrected chi connectivity index (χ3v) is 3.67. The van der Waals surface area contributed by atoms with Crippen molar-refractivity contribution in [3.8, 4) is 0 Å². The molecule has 0 aliphatic carbocycles. The third-order valence-electron chi connectivity index (χ3n) is 3.67. The molecule has 0 amide bonds. The molecule has 1 aliphatic heterocycles. The van der Waals surface area contributed by atoms with Crippen LogP contribution in [0, 0.1) is 5.92 Å². The van der Waals surface area contributed by atoms with E-state index < -0.39 is 0 Å². The summed E-state index contributed by atoms with van der Waals surface area (Å²) in [6, 6.07) is 10.5. The van der Waals surface area contributed by atoms with Gasteiger partial charge in [0.25, 0.3) is 0 Å². The Morgan fingerprint density at radius 1 is 1.21 bits per heavy atom. The van der Waals surface area contributed by atoms with Crippen molar-refractivity contribution < 1.29 is 0 Å². The van der Waals surface area contributed by atoms with Gasteiger partial charge in [-0.05, 0) is 51.0 Å². The fraction of sp³-hybridized carbons (Fsp3) is 0.500. The summed E-state index contributed by atoms with van der Waals surface area (Å²) in [5.41, 5.74) is 1.29. The van der Waals surface area contributed by atoms with Crippen molar-refractivity contribution in [3.63, 3.8) is 0 Å². The van der Waals surface area contributed by atoms with Gasteiger partial charge in [-0.25, -0.2) is 0 Å². The van der Waals surface area contributed by atoms with Gasteiger partial charge < -0.3 is 5.32 Å². The largest absolute Gasteiger partial charge is 0.319 e. The quantitative estimate of drug-likeness (QED) is 0.892. The van der Waals surface area contributed by atoms with Crippen LogP contribution in [0.1, 0.15) is 18.4 Å². The minimum absolute atomic E-state index is 0. The van der Waals surface area contributed by atoms with E-state index in [0.29, 0.717) is 0 Å². The maximum atomic E-state index is 3.28. The van der Waals surface area contributed by atoms with Crippen LogP contribution >= 0.6 is 12.4 Å². The summed E-state index contributed by atoms with van der Waals surface area (Å²) < 4.78 is 0. The molecule has 106 valence electrons. The van der Waals surface area contributed by atoms with Crippen LogP contribution < -0.4 is 5.32 Å². The molecule has 0 atom stereocenters. The molecule has 1 aromatic rings. The molecule has 1 heterocycles. The first-order valence-electron chi connectivity index (χ1n) is 6.97. The van der Waals surface area contributed by atoms with Gasteiger partial charge in [0, 0.05) is 6.54 Å². The van der Waals surface area contributed by atoms with Crippen molar-refractivity contribution in [3.05, 3.63) is 42.0 Å². The lowest BCUT2D eigenvalue weighted by Gasteiger charge is -2.31. The van der Waals surface area contributed by atoms with Gasteiger partial charge in [0.2, 0.25) is 0 Å². The smallest absolute Gasteiger partial charge is 0.0166 e. The number of rotatable bonds is 5. The van der Waals surface area contributed by atoms with E-state index in [1.807, 2.05) is 0 Å². The van der Waals surface area contributed by atoms with Crippen molar-refractivity contribution in [1.82, 2.24) is 10.2 Å². The molecule has 0 unspecified atom stereocenters. The summed E-state index contributed by atoms with van der Waals surface area (Å²) in [4.78, 5) is 2.55. The van der Waals surface area contributed by atoms with Crippen LogP contribution in [0.5, 0.6) is 0 Å². The van der Waals surface area contributed by atoms with E-state index in [1.165, 1.54) is 38.0 Å². The SMILES string of the molecule is CNCC1CCN(C/C=C/c2ccccc2)CC1.Cl.